The number of likely N-dealkylation sites (tertiary alicyclic amines) is 1. The van der Waals surface area contributed by atoms with Gasteiger partial charge >= 0.3 is 0 Å². The Labute approximate surface area is 102 Å². The summed E-state index contributed by atoms with van der Waals surface area (Å²) in [6.45, 7) is 2.90. The zero-order chi connectivity index (χ0) is 11.4. The minimum atomic E-state index is -0.129. The van der Waals surface area contributed by atoms with Crippen LogP contribution in [0.25, 0.3) is 0 Å². The smallest absolute Gasteiger partial charge is 0.0667 e. The standard InChI is InChI=1S/C13H19NOS/c1-16-13-7-3-2-5-11(13)9-14-8-4-6-12(15)10-14/h2-3,5,7,12,15H,4,6,8-10H2,1H3. The molecule has 1 unspecified atom stereocenters. The summed E-state index contributed by atoms with van der Waals surface area (Å²) < 4.78 is 0. The summed E-state index contributed by atoms with van der Waals surface area (Å²) in [4.78, 5) is 3.70. The van der Waals surface area contributed by atoms with Crippen LogP contribution in [-0.4, -0.2) is 35.5 Å². The van der Waals surface area contributed by atoms with Crippen molar-refractivity contribution in [1.29, 1.82) is 0 Å². The predicted octanol–water partition coefficient (Wildman–Crippen LogP) is 2.37. The lowest BCUT2D eigenvalue weighted by molar-refractivity contribution is 0.0664. The fourth-order valence-electron chi connectivity index (χ4n) is 2.25. The number of β-amino-alcohol motifs (C(OH)–C–C–N with tert-alkyl or cyclic N) is 1. The highest BCUT2D eigenvalue weighted by molar-refractivity contribution is 7.98. The Morgan fingerprint density at radius 3 is 3.00 bits per heavy atom. The maximum absolute atomic E-state index is 9.64. The summed E-state index contributed by atoms with van der Waals surface area (Å²) in [6, 6.07) is 8.53. The molecule has 16 heavy (non-hydrogen) atoms. The first-order valence-electron chi connectivity index (χ1n) is 5.82. The Hall–Kier alpha value is -0.510. The minimum Gasteiger partial charge on any atom is -0.392 e. The molecule has 1 heterocycles. The van der Waals surface area contributed by atoms with Crippen molar-refractivity contribution in [2.24, 2.45) is 0 Å². The quantitative estimate of drug-likeness (QED) is 0.816. The molecule has 1 N–H and O–H groups in total. The van der Waals surface area contributed by atoms with Crippen molar-refractivity contribution >= 4 is 11.8 Å². The Kier molecular flexibility index (Phi) is 4.27. The van der Waals surface area contributed by atoms with E-state index in [1.165, 1.54) is 10.5 Å². The number of hydrogen-bond acceptors (Lipinski definition) is 3. The molecule has 3 heteroatoms. The van der Waals surface area contributed by atoms with Crippen LogP contribution in [0.3, 0.4) is 0 Å². The first-order valence-corrected chi connectivity index (χ1v) is 7.04. The molecule has 1 aliphatic rings. The summed E-state index contributed by atoms with van der Waals surface area (Å²) in [5.74, 6) is 0. The molecule has 88 valence electrons. The second-order valence-corrected chi connectivity index (χ2v) is 5.19. The van der Waals surface area contributed by atoms with Gasteiger partial charge < -0.3 is 5.11 Å². The van der Waals surface area contributed by atoms with Crippen molar-refractivity contribution < 1.29 is 5.11 Å². The van der Waals surface area contributed by atoms with E-state index in [1.807, 2.05) is 0 Å². The van der Waals surface area contributed by atoms with Crippen LogP contribution in [0.2, 0.25) is 0 Å². The van der Waals surface area contributed by atoms with Gasteiger partial charge in [-0.1, -0.05) is 18.2 Å². The molecule has 1 fully saturated rings. The summed E-state index contributed by atoms with van der Waals surface area (Å²) in [7, 11) is 0. The highest BCUT2D eigenvalue weighted by Crippen LogP contribution is 2.22. The zero-order valence-electron chi connectivity index (χ0n) is 9.72. The van der Waals surface area contributed by atoms with Crippen LogP contribution in [-0.2, 0) is 6.54 Å². The lowest BCUT2D eigenvalue weighted by Gasteiger charge is -2.30. The third-order valence-corrected chi connectivity index (χ3v) is 3.91. The number of rotatable bonds is 3. The number of aliphatic hydroxyl groups is 1. The van der Waals surface area contributed by atoms with Crippen LogP contribution >= 0.6 is 11.8 Å². The molecule has 2 rings (SSSR count). The van der Waals surface area contributed by atoms with Crippen molar-refractivity contribution in [1.82, 2.24) is 4.90 Å². The van der Waals surface area contributed by atoms with E-state index in [0.717, 1.165) is 32.5 Å². The predicted molar refractivity (Wildman–Crippen MR) is 68.7 cm³/mol. The van der Waals surface area contributed by atoms with Gasteiger partial charge in [0.05, 0.1) is 6.10 Å². The van der Waals surface area contributed by atoms with Crippen LogP contribution in [0.4, 0.5) is 0 Å². The molecule has 0 amide bonds. The van der Waals surface area contributed by atoms with Gasteiger partial charge in [-0.3, -0.25) is 4.90 Å². The molecule has 1 aromatic carbocycles. The normalized spacial score (nSPS) is 22.2. The SMILES string of the molecule is CSc1ccccc1CN1CCCC(O)C1. The van der Waals surface area contributed by atoms with Gasteiger partial charge in [-0.15, -0.1) is 11.8 Å². The third-order valence-electron chi connectivity index (χ3n) is 3.07. The molecule has 1 aliphatic heterocycles. The average molecular weight is 237 g/mol. The van der Waals surface area contributed by atoms with E-state index >= 15 is 0 Å². The lowest BCUT2D eigenvalue weighted by Crippen LogP contribution is -2.37. The molecule has 0 bridgehead atoms. The lowest BCUT2D eigenvalue weighted by atomic mass is 10.1. The van der Waals surface area contributed by atoms with E-state index in [2.05, 4.69) is 35.4 Å². The van der Waals surface area contributed by atoms with Crippen LogP contribution in [0.15, 0.2) is 29.2 Å². The Morgan fingerprint density at radius 1 is 1.44 bits per heavy atom. The second kappa shape index (κ2) is 5.71. The Balaban J connectivity index is 2.02. The molecular weight excluding hydrogens is 218 g/mol. The molecule has 0 spiro atoms. The summed E-state index contributed by atoms with van der Waals surface area (Å²) >= 11 is 1.80. The van der Waals surface area contributed by atoms with Gasteiger partial charge in [0.15, 0.2) is 0 Å². The van der Waals surface area contributed by atoms with Crippen molar-refractivity contribution in [3.05, 3.63) is 29.8 Å². The largest absolute Gasteiger partial charge is 0.392 e. The van der Waals surface area contributed by atoms with E-state index in [0.29, 0.717) is 0 Å². The number of thioether (sulfide) groups is 1. The van der Waals surface area contributed by atoms with E-state index in [1.54, 1.807) is 11.8 Å². The van der Waals surface area contributed by atoms with Crippen LogP contribution in [0.5, 0.6) is 0 Å². The van der Waals surface area contributed by atoms with Crippen molar-refractivity contribution in [3.8, 4) is 0 Å². The summed E-state index contributed by atoms with van der Waals surface area (Å²) in [6.07, 6.45) is 4.06. The van der Waals surface area contributed by atoms with E-state index < -0.39 is 0 Å². The number of benzene rings is 1. The van der Waals surface area contributed by atoms with Crippen molar-refractivity contribution in [2.75, 3.05) is 19.3 Å². The molecule has 0 saturated carbocycles. The number of aliphatic hydroxyl groups excluding tert-OH is 1. The van der Waals surface area contributed by atoms with E-state index in [4.69, 9.17) is 0 Å². The number of piperidine rings is 1. The molecule has 0 radical (unpaired) electrons. The molecule has 0 aromatic heterocycles. The fourth-order valence-corrected chi connectivity index (χ4v) is 2.86. The third kappa shape index (κ3) is 3.00. The van der Waals surface area contributed by atoms with E-state index in [9.17, 15) is 5.11 Å². The topological polar surface area (TPSA) is 23.5 Å². The Morgan fingerprint density at radius 2 is 2.25 bits per heavy atom. The van der Waals surface area contributed by atoms with Gasteiger partial charge in [0.25, 0.3) is 0 Å². The molecular formula is C13H19NOS. The first-order chi connectivity index (χ1) is 7.79. The average Bonchev–Trinajstić information content (AvgIpc) is 2.30. The molecule has 1 aromatic rings. The fraction of sp³-hybridized carbons (Fsp3) is 0.538. The summed E-state index contributed by atoms with van der Waals surface area (Å²) in [5, 5.41) is 9.64. The number of nitrogens with zero attached hydrogens (tertiary/aromatic N) is 1. The van der Waals surface area contributed by atoms with Gasteiger partial charge in [0, 0.05) is 18.0 Å². The van der Waals surface area contributed by atoms with Crippen LogP contribution in [0.1, 0.15) is 18.4 Å². The molecule has 2 nitrogen and oxygen atoms in total. The highest BCUT2D eigenvalue weighted by atomic mass is 32.2. The minimum absolute atomic E-state index is 0.129. The summed E-state index contributed by atoms with van der Waals surface area (Å²) in [5.41, 5.74) is 1.38. The Bertz CT molecular complexity index is 342. The first kappa shape index (κ1) is 12.0. The van der Waals surface area contributed by atoms with Gasteiger partial charge in [-0.05, 0) is 37.3 Å². The maximum Gasteiger partial charge on any atom is 0.0667 e. The van der Waals surface area contributed by atoms with Gasteiger partial charge in [-0.25, -0.2) is 0 Å². The maximum atomic E-state index is 9.64. The van der Waals surface area contributed by atoms with Crippen LogP contribution in [0, 0.1) is 0 Å². The van der Waals surface area contributed by atoms with Gasteiger partial charge in [0.2, 0.25) is 0 Å². The molecule has 0 aliphatic carbocycles. The molecule has 1 saturated heterocycles. The van der Waals surface area contributed by atoms with Gasteiger partial charge in [-0.2, -0.15) is 0 Å². The highest BCUT2D eigenvalue weighted by Gasteiger charge is 2.18. The zero-order valence-corrected chi connectivity index (χ0v) is 10.5. The van der Waals surface area contributed by atoms with Crippen molar-refractivity contribution in [3.63, 3.8) is 0 Å². The molecule has 1 atom stereocenters. The van der Waals surface area contributed by atoms with Gasteiger partial charge in [0.1, 0.15) is 0 Å². The van der Waals surface area contributed by atoms with Crippen LogP contribution < -0.4 is 0 Å². The number of hydrogen-bond donors (Lipinski definition) is 1. The van der Waals surface area contributed by atoms with Crippen molar-refractivity contribution in [2.45, 2.75) is 30.4 Å². The monoisotopic (exact) mass is 237 g/mol. The second-order valence-electron chi connectivity index (χ2n) is 4.34. The van der Waals surface area contributed by atoms with E-state index in [-0.39, 0.29) is 6.10 Å².